The van der Waals surface area contributed by atoms with E-state index in [2.05, 4.69) is 15.6 Å². The van der Waals surface area contributed by atoms with Gasteiger partial charge in [-0.3, -0.25) is 0 Å². The highest BCUT2D eigenvalue weighted by Gasteiger charge is 2.21. The summed E-state index contributed by atoms with van der Waals surface area (Å²) >= 11 is 0. The number of aliphatic hydroxyl groups excluding tert-OH is 1. The van der Waals surface area contributed by atoms with Gasteiger partial charge < -0.3 is 15.2 Å². The molecule has 0 radical (unpaired) electrons. The van der Waals surface area contributed by atoms with Crippen LogP contribution in [0, 0.1) is 0 Å². The molecule has 0 bridgehead atoms. The third kappa shape index (κ3) is 3.05. The number of esters is 1. The van der Waals surface area contributed by atoms with Crippen LogP contribution in [0.3, 0.4) is 0 Å². The topological polar surface area (TPSA) is 89.3 Å². The molecule has 1 saturated heterocycles. The van der Waals surface area contributed by atoms with Crippen molar-refractivity contribution in [3.8, 4) is 0 Å². The molecule has 1 aromatic heterocycles. The maximum Gasteiger partial charge on any atom is 0.336 e. The molecule has 1 aliphatic heterocycles. The van der Waals surface area contributed by atoms with Crippen LogP contribution in [-0.4, -0.2) is 45.3 Å². The second kappa shape index (κ2) is 5.92. The predicted octanol–water partition coefficient (Wildman–Crippen LogP) is -0.373. The molecule has 1 aromatic rings. The Labute approximate surface area is 105 Å². The van der Waals surface area contributed by atoms with Gasteiger partial charge in [-0.2, -0.15) is 0 Å². The number of aromatic nitrogens is 3. The van der Waals surface area contributed by atoms with Crippen molar-refractivity contribution in [3.63, 3.8) is 0 Å². The Bertz CT molecular complexity index is 401. The molecule has 2 unspecified atom stereocenters. The number of rotatable bonds is 5. The molecule has 0 aliphatic carbocycles. The lowest BCUT2D eigenvalue weighted by Gasteiger charge is -2.08. The van der Waals surface area contributed by atoms with Gasteiger partial charge in [-0.25, -0.2) is 9.48 Å². The lowest BCUT2D eigenvalue weighted by Crippen LogP contribution is -2.28. The van der Waals surface area contributed by atoms with Crippen molar-refractivity contribution in [2.75, 3.05) is 13.2 Å². The molecule has 100 valence electrons. The number of hydrogen-bond acceptors (Lipinski definition) is 6. The van der Waals surface area contributed by atoms with Crippen LogP contribution < -0.4 is 5.32 Å². The van der Waals surface area contributed by atoms with Gasteiger partial charge in [0.2, 0.25) is 0 Å². The highest BCUT2D eigenvalue weighted by Crippen LogP contribution is 2.20. The van der Waals surface area contributed by atoms with E-state index < -0.39 is 12.1 Å². The maximum absolute atomic E-state index is 11.3. The molecule has 0 amide bonds. The molecule has 18 heavy (non-hydrogen) atoms. The molecular formula is C11H18N4O3. The van der Waals surface area contributed by atoms with Gasteiger partial charge in [-0.1, -0.05) is 5.21 Å². The molecule has 1 fully saturated rings. The number of carbonyl (C=O) groups excluding carboxylic acids is 1. The number of ether oxygens (including phenoxy) is 1. The molecular weight excluding hydrogens is 236 g/mol. The molecule has 2 atom stereocenters. The van der Waals surface area contributed by atoms with E-state index in [9.17, 15) is 9.90 Å². The average molecular weight is 254 g/mol. The van der Waals surface area contributed by atoms with Crippen molar-refractivity contribution < 1.29 is 14.6 Å². The maximum atomic E-state index is 11.3. The quantitative estimate of drug-likeness (QED) is 0.697. The van der Waals surface area contributed by atoms with Gasteiger partial charge in [-0.15, -0.1) is 5.10 Å². The largest absolute Gasteiger partial charge is 0.464 e. The Balaban J connectivity index is 1.91. The Kier molecular flexibility index (Phi) is 4.27. The fraction of sp³-hybridized carbons (Fsp3) is 0.727. The highest BCUT2D eigenvalue weighted by molar-refractivity contribution is 5.74. The zero-order valence-corrected chi connectivity index (χ0v) is 10.4. The van der Waals surface area contributed by atoms with Crippen LogP contribution in [-0.2, 0) is 16.1 Å². The fourth-order valence-corrected chi connectivity index (χ4v) is 1.99. The van der Waals surface area contributed by atoms with Crippen LogP contribution in [0.4, 0.5) is 0 Å². The smallest absolute Gasteiger partial charge is 0.336 e. The van der Waals surface area contributed by atoms with E-state index in [1.54, 1.807) is 13.1 Å². The van der Waals surface area contributed by atoms with Crippen molar-refractivity contribution in [1.82, 2.24) is 20.3 Å². The van der Waals surface area contributed by atoms with Crippen LogP contribution in [0.2, 0.25) is 0 Å². The van der Waals surface area contributed by atoms with Crippen LogP contribution in [0.1, 0.15) is 31.5 Å². The summed E-state index contributed by atoms with van der Waals surface area (Å²) in [5.41, 5.74) is 0.851. The second-order valence-corrected chi connectivity index (χ2v) is 4.28. The minimum atomic E-state index is -1.20. The minimum Gasteiger partial charge on any atom is -0.464 e. The van der Waals surface area contributed by atoms with Gasteiger partial charge in [0, 0.05) is 0 Å². The summed E-state index contributed by atoms with van der Waals surface area (Å²) in [6, 6.07) is 0.235. The van der Waals surface area contributed by atoms with Crippen LogP contribution >= 0.6 is 0 Å². The van der Waals surface area contributed by atoms with Gasteiger partial charge in [0.05, 0.1) is 31.1 Å². The molecule has 2 N–H and O–H groups in total. The summed E-state index contributed by atoms with van der Waals surface area (Å²) in [4.78, 5) is 11.3. The summed E-state index contributed by atoms with van der Waals surface area (Å²) in [7, 11) is 0. The predicted molar refractivity (Wildman–Crippen MR) is 62.6 cm³/mol. The highest BCUT2D eigenvalue weighted by atomic mass is 16.5. The summed E-state index contributed by atoms with van der Waals surface area (Å²) in [5, 5.41) is 20.9. The first-order chi connectivity index (χ1) is 8.70. The van der Waals surface area contributed by atoms with E-state index in [-0.39, 0.29) is 19.2 Å². The Morgan fingerprint density at radius 3 is 3.28 bits per heavy atom. The average Bonchev–Trinajstić information content (AvgIpc) is 2.98. The molecule has 0 spiro atoms. The SMILES string of the molecule is CCOC(=O)C(O)Cn1cc(C2CCCN2)nn1. The van der Waals surface area contributed by atoms with Gasteiger partial charge >= 0.3 is 5.97 Å². The molecule has 0 aromatic carbocycles. The van der Waals surface area contributed by atoms with Crippen LogP contribution in [0.5, 0.6) is 0 Å². The summed E-state index contributed by atoms with van der Waals surface area (Å²) in [6.45, 7) is 3.01. The summed E-state index contributed by atoms with van der Waals surface area (Å²) in [5.74, 6) is -0.631. The van der Waals surface area contributed by atoms with Crippen molar-refractivity contribution in [1.29, 1.82) is 0 Å². The van der Waals surface area contributed by atoms with Gasteiger partial charge in [0.1, 0.15) is 0 Å². The van der Waals surface area contributed by atoms with Crippen molar-refractivity contribution in [2.24, 2.45) is 0 Å². The number of carbonyl (C=O) groups is 1. The first-order valence-electron chi connectivity index (χ1n) is 6.19. The third-order valence-corrected chi connectivity index (χ3v) is 2.89. The van der Waals surface area contributed by atoms with E-state index in [1.165, 1.54) is 4.68 Å². The molecule has 2 rings (SSSR count). The van der Waals surface area contributed by atoms with E-state index in [0.29, 0.717) is 0 Å². The second-order valence-electron chi connectivity index (χ2n) is 4.28. The standard InChI is InChI=1S/C11H18N4O3/c1-2-18-11(17)10(16)7-15-6-9(13-14-15)8-4-3-5-12-8/h6,8,10,12,16H,2-5,7H2,1H3. The van der Waals surface area contributed by atoms with Crippen LogP contribution in [0.15, 0.2) is 6.20 Å². The van der Waals surface area contributed by atoms with E-state index >= 15 is 0 Å². The third-order valence-electron chi connectivity index (χ3n) is 2.89. The molecule has 2 heterocycles. The zero-order chi connectivity index (χ0) is 13.0. The van der Waals surface area contributed by atoms with Gasteiger partial charge in [0.15, 0.2) is 6.10 Å². The molecule has 1 aliphatic rings. The number of nitrogens with one attached hydrogen (secondary N) is 1. The Morgan fingerprint density at radius 1 is 1.78 bits per heavy atom. The lowest BCUT2D eigenvalue weighted by molar-refractivity contribution is -0.153. The lowest BCUT2D eigenvalue weighted by atomic mass is 10.2. The Morgan fingerprint density at radius 2 is 2.61 bits per heavy atom. The minimum absolute atomic E-state index is 0.0680. The zero-order valence-electron chi connectivity index (χ0n) is 10.4. The van der Waals surface area contributed by atoms with Crippen LogP contribution in [0.25, 0.3) is 0 Å². The first kappa shape index (κ1) is 13.0. The molecule has 7 nitrogen and oxygen atoms in total. The fourth-order valence-electron chi connectivity index (χ4n) is 1.99. The van der Waals surface area contributed by atoms with Gasteiger partial charge in [0.25, 0.3) is 0 Å². The Hall–Kier alpha value is -1.47. The normalized spacial score (nSPS) is 20.9. The monoisotopic (exact) mass is 254 g/mol. The van der Waals surface area contributed by atoms with E-state index in [0.717, 1.165) is 25.1 Å². The number of hydrogen-bond donors (Lipinski definition) is 2. The number of nitrogens with zero attached hydrogens (tertiary/aromatic N) is 3. The first-order valence-corrected chi connectivity index (χ1v) is 6.19. The van der Waals surface area contributed by atoms with Gasteiger partial charge in [-0.05, 0) is 26.3 Å². The molecule has 7 heteroatoms. The van der Waals surface area contributed by atoms with Crippen molar-refractivity contribution in [2.45, 2.75) is 38.5 Å². The molecule has 0 saturated carbocycles. The van der Waals surface area contributed by atoms with E-state index in [1.807, 2.05) is 0 Å². The van der Waals surface area contributed by atoms with E-state index in [4.69, 9.17) is 4.74 Å². The van der Waals surface area contributed by atoms with Crippen molar-refractivity contribution >= 4 is 5.97 Å². The number of aliphatic hydroxyl groups is 1. The summed E-state index contributed by atoms with van der Waals surface area (Å²) in [6.07, 6.45) is 2.73. The van der Waals surface area contributed by atoms with Crippen molar-refractivity contribution in [3.05, 3.63) is 11.9 Å². The summed E-state index contributed by atoms with van der Waals surface area (Å²) < 4.78 is 6.19.